The zero-order valence-corrected chi connectivity index (χ0v) is 9.85. The van der Waals surface area contributed by atoms with Gasteiger partial charge in [-0.2, -0.15) is 0 Å². The van der Waals surface area contributed by atoms with Crippen molar-refractivity contribution in [2.75, 3.05) is 5.75 Å². The molecular formula is C11H9ClO3S. The van der Waals surface area contributed by atoms with E-state index in [-0.39, 0.29) is 6.42 Å². The van der Waals surface area contributed by atoms with Gasteiger partial charge in [0.25, 0.3) is 0 Å². The summed E-state index contributed by atoms with van der Waals surface area (Å²) in [6, 6.07) is 5.50. The Bertz CT molecular complexity index is 521. The second kappa shape index (κ2) is 4.80. The summed E-state index contributed by atoms with van der Waals surface area (Å²) < 4.78 is 5.25. The van der Waals surface area contributed by atoms with Gasteiger partial charge in [0.05, 0.1) is 17.7 Å². The maximum absolute atomic E-state index is 10.4. The highest BCUT2D eigenvalue weighted by Gasteiger charge is 2.06. The Morgan fingerprint density at radius 2 is 2.31 bits per heavy atom. The zero-order chi connectivity index (χ0) is 11.5. The van der Waals surface area contributed by atoms with E-state index in [0.29, 0.717) is 10.8 Å². The van der Waals surface area contributed by atoms with Gasteiger partial charge >= 0.3 is 5.97 Å². The lowest BCUT2D eigenvalue weighted by atomic mass is 10.3. The van der Waals surface area contributed by atoms with Gasteiger partial charge < -0.3 is 9.52 Å². The predicted molar refractivity (Wildman–Crippen MR) is 64.2 cm³/mol. The summed E-state index contributed by atoms with van der Waals surface area (Å²) in [5.41, 5.74) is 0.766. The van der Waals surface area contributed by atoms with Crippen molar-refractivity contribution in [2.45, 2.75) is 11.3 Å². The number of furan rings is 1. The first-order valence-electron chi connectivity index (χ1n) is 4.68. The van der Waals surface area contributed by atoms with Crippen molar-refractivity contribution in [3.05, 3.63) is 29.5 Å². The standard InChI is InChI=1S/C11H9ClO3S/c12-8-5-7-1-3-15-9(7)6-10(8)16-4-2-11(13)14/h1,3,5-6H,2,4H2,(H,13,14). The van der Waals surface area contributed by atoms with Gasteiger partial charge in [-0.15, -0.1) is 11.8 Å². The van der Waals surface area contributed by atoms with Gasteiger partial charge in [-0.25, -0.2) is 0 Å². The third-order valence-corrected chi connectivity index (χ3v) is 3.56. The molecule has 16 heavy (non-hydrogen) atoms. The highest BCUT2D eigenvalue weighted by molar-refractivity contribution is 7.99. The molecule has 0 saturated carbocycles. The largest absolute Gasteiger partial charge is 0.481 e. The van der Waals surface area contributed by atoms with Gasteiger partial charge in [0, 0.05) is 16.0 Å². The Hall–Kier alpha value is -1.13. The fourth-order valence-electron chi connectivity index (χ4n) is 1.32. The SMILES string of the molecule is O=C(O)CCSc1cc2occc2cc1Cl. The van der Waals surface area contributed by atoms with Crippen molar-refractivity contribution in [3.8, 4) is 0 Å². The van der Waals surface area contributed by atoms with Crippen LogP contribution in [0.5, 0.6) is 0 Å². The number of carbonyl (C=O) groups is 1. The molecular weight excluding hydrogens is 248 g/mol. The van der Waals surface area contributed by atoms with E-state index < -0.39 is 5.97 Å². The number of halogens is 1. The third kappa shape index (κ3) is 2.51. The van der Waals surface area contributed by atoms with Gasteiger partial charge in [0.1, 0.15) is 5.58 Å². The lowest BCUT2D eigenvalue weighted by Crippen LogP contribution is -1.95. The number of carboxylic acids is 1. The normalized spacial score (nSPS) is 10.8. The maximum atomic E-state index is 10.4. The first-order chi connectivity index (χ1) is 7.66. The summed E-state index contributed by atoms with van der Waals surface area (Å²) in [7, 11) is 0. The summed E-state index contributed by atoms with van der Waals surface area (Å²) in [4.78, 5) is 11.2. The van der Waals surface area contributed by atoms with Crippen LogP contribution in [-0.2, 0) is 4.79 Å². The molecule has 0 fully saturated rings. The number of carboxylic acid groups (broad SMARTS) is 1. The molecule has 1 aromatic heterocycles. The molecule has 0 aliphatic carbocycles. The average Bonchev–Trinajstić information content (AvgIpc) is 2.64. The second-order valence-corrected chi connectivity index (χ2v) is 4.78. The van der Waals surface area contributed by atoms with E-state index in [1.54, 1.807) is 6.26 Å². The lowest BCUT2D eigenvalue weighted by Gasteiger charge is -2.02. The fraction of sp³-hybridized carbons (Fsp3) is 0.182. The molecule has 0 aliphatic heterocycles. The van der Waals surface area contributed by atoms with Gasteiger partial charge in [-0.05, 0) is 18.2 Å². The maximum Gasteiger partial charge on any atom is 0.304 e. The second-order valence-electron chi connectivity index (χ2n) is 3.23. The molecule has 0 bridgehead atoms. The van der Waals surface area contributed by atoms with Crippen molar-refractivity contribution in [2.24, 2.45) is 0 Å². The molecule has 1 heterocycles. The van der Waals surface area contributed by atoms with Crippen molar-refractivity contribution in [3.63, 3.8) is 0 Å². The first kappa shape index (κ1) is 11.4. The Kier molecular flexibility index (Phi) is 3.41. The molecule has 0 unspecified atom stereocenters. The molecule has 2 rings (SSSR count). The Morgan fingerprint density at radius 3 is 3.06 bits per heavy atom. The van der Waals surface area contributed by atoms with E-state index in [1.165, 1.54) is 11.8 Å². The van der Waals surface area contributed by atoms with E-state index in [9.17, 15) is 4.79 Å². The van der Waals surface area contributed by atoms with Gasteiger partial charge in [-0.3, -0.25) is 4.79 Å². The van der Waals surface area contributed by atoms with Crippen LogP contribution in [-0.4, -0.2) is 16.8 Å². The summed E-state index contributed by atoms with van der Waals surface area (Å²) in [5, 5.41) is 10.1. The van der Waals surface area contributed by atoms with Crippen molar-refractivity contribution in [1.82, 2.24) is 0 Å². The average molecular weight is 257 g/mol. The van der Waals surface area contributed by atoms with Crippen LogP contribution in [0.1, 0.15) is 6.42 Å². The number of hydrogen-bond acceptors (Lipinski definition) is 3. The molecule has 84 valence electrons. The minimum absolute atomic E-state index is 0.122. The predicted octanol–water partition coefficient (Wildman–Crippen LogP) is 3.65. The van der Waals surface area contributed by atoms with E-state index in [4.69, 9.17) is 21.1 Å². The Morgan fingerprint density at radius 1 is 1.50 bits per heavy atom. The summed E-state index contributed by atoms with van der Waals surface area (Å²) >= 11 is 7.49. The van der Waals surface area contributed by atoms with Crippen LogP contribution in [0.25, 0.3) is 11.0 Å². The minimum Gasteiger partial charge on any atom is -0.481 e. The number of rotatable bonds is 4. The number of aliphatic carboxylic acids is 1. The van der Waals surface area contributed by atoms with E-state index in [0.717, 1.165) is 15.9 Å². The molecule has 0 saturated heterocycles. The van der Waals surface area contributed by atoms with Crippen LogP contribution >= 0.6 is 23.4 Å². The van der Waals surface area contributed by atoms with Crippen molar-refractivity contribution in [1.29, 1.82) is 0 Å². The number of benzene rings is 1. The highest BCUT2D eigenvalue weighted by Crippen LogP contribution is 2.32. The Labute approximate surface area is 101 Å². The molecule has 1 aromatic carbocycles. The first-order valence-corrected chi connectivity index (χ1v) is 6.04. The Balaban J connectivity index is 2.16. The van der Waals surface area contributed by atoms with Crippen molar-refractivity contribution >= 4 is 40.3 Å². The van der Waals surface area contributed by atoms with Gasteiger partial charge in [-0.1, -0.05) is 11.6 Å². The van der Waals surface area contributed by atoms with Crippen molar-refractivity contribution < 1.29 is 14.3 Å². The summed E-state index contributed by atoms with van der Waals surface area (Å²) in [6.45, 7) is 0. The van der Waals surface area contributed by atoms with Crippen LogP contribution < -0.4 is 0 Å². The lowest BCUT2D eigenvalue weighted by molar-refractivity contribution is -0.136. The molecule has 0 spiro atoms. The molecule has 3 nitrogen and oxygen atoms in total. The van der Waals surface area contributed by atoms with E-state index >= 15 is 0 Å². The fourth-order valence-corrected chi connectivity index (χ4v) is 2.54. The molecule has 0 radical (unpaired) electrons. The van der Waals surface area contributed by atoms with Crippen LogP contribution in [0.3, 0.4) is 0 Å². The van der Waals surface area contributed by atoms with Gasteiger partial charge in [0.15, 0.2) is 0 Å². The van der Waals surface area contributed by atoms with Crippen LogP contribution in [0.15, 0.2) is 33.8 Å². The molecule has 0 atom stereocenters. The van der Waals surface area contributed by atoms with Crippen LogP contribution in [0.4, 0.5) is 0 Å². The summed E-state index contributed by atoms with van der Waals surface area (Å²) in [6.07, 6.45) is 1.73. The van der Waals surface area contributed by atoms with E-state index in [2.05, 4.69) is 0 Å². The number of thioether (sulfide) groups is 1. The molecule has 2 aromatic rings. The monoisotopic (exact) mass is 256 g/mol. The highest BCUT2D eigenvalue weighted by atomic mass is 35.5. The topological polar surface area (TPSA) is 50.4 Å². The quantitative estimate of drug-likeness (QED) is 0.849. The minimum atomic E-state index is -0.803. The third-order valence-electron chi connectivity index (χ3n) is 2.08. The van der Waals surface area contributed by atoms with Crippen LogP contribution in [0.2, 0.25) is 5.02 Å². The number of fused-ring (bicyclic) bond motifs is 1. The molecule has 0 aliphatic rings. The van der Waals surface area contributed by atoms with Gasteiger partial charge in [0.2, 0.25) is 0 Å². The molecule has 0 amide bonds. The molecule has 5 heteroatoms. The number of hydrogen-bond donors (Lipinski definition) is 1. The summed E-state index contributed by atoms with van der Waals surface area (Å²) in [5.74, 6) is -0.302. The van der Waals surface area contributed by atoms with Crippen LogP contribution in [0, 0.1) is 0 Å². The zero-order valence-electron chi connectivity index (χ0n) is 8.27. The molecule has 1 N–H and O–H groups in total. The smallest absolute Gasteiger partial charge is 0.304 e. The van der Waals surface area contributed by atoms with E-state index in [1.807, 2.05) is 18.2 Å².